The number of nitrogens with two attached hydrogens (primary N) is 1. The molecule has 0 aliphatic heterocycles. The topological polar surface area (TPSA) is 152 Å². The summed E-state index contributed by atoms with van der Waals surface area (Å²) in [5.41, 5.74) is 7.03. The van der Waals surface area contributed by atoms with Crippen molar-refractivity contribution in [3.63, 3.8) is 0 Å². The van der Waals surface area contributed by atoms with E-state index in [-0.39, 0.29) is 51.7 Å². The number of nitrogens with one attached hydrogen (secondary N) is 3. The average Bonchev–Trinajstić information content (AvgIpc) is 2.87. The zero-order chi connectivity index (χ0) is 24.6. The second-order valence-corrected chi connectivity index (χ2v) is 7.52. The number of aliphatic hydroxyl groups is 1. The Kier molecular flexibility index (Phi) is 14.5. The number of halogens is 1. The molecule has 2 atom stereocenters. The summed E-state index contributed by atoms with van der Waals surface area (Å²) in [6, 6.07) is 17.5. The minimum absolute atomic E-state index is 0. The molecule has 0 spiro atoms. The Morgan fingerprint density at radius 3 is 1.94 bits per heavy atom. The third-order valence-electron chi connectivity index (χ3n) is 4.76. The molecule has 10 nitrogen and oxygen atoms in total. The second kappa shape index (κ2) is 17.1. The van der Waals surface area contributed by atoms with E-state index in [0.29, 0.717) is 6.42 Å². The van der Waals surface area contributed by atoms with Gasteiger partial charge in [-0.1, -0.05) is 60.7 Å². The third-order valence-corrected chi connectivity index (χ3v) is 4.76. The third kappa shape index (κ3) is 12.6. The fraction of sp³-hybridized carbons (Fsp3) is 0.375. The lowest BCUT2D eigenvalue weighted by atomic mass is 10.1. The van der Waals surface area contributed by atoms with Crippen LogP contribution in [0.5, 0.6) is 0 Å². The number of hydrogen-bond acceptors (Lipinski definition) is 7. The first-order valence-corrected chi connectivity index (χ1v) is 11.1. The number of benzene rings is 2. The molecule has 0 aliphatic rings. The maximum atomic E-state index is 12.5. The van der Waals surface area contributed by atoms with Crippen LogP contribution in [0.25, 0.3) is 0 Å². The molecule has 192 valence electrons. The maximum absolute atomic E-state index is 12.5. The van der Waals surface area contributed by atoms with E-state index in [2.05, 4.69) is 16.0 Å². The van der Waals surface area contributed by atoms with Crippen LogP contribution >= 0.6 is 12.4 Å². The summed E-state index contributed by atoms with van der Waals surface area (Å²) in [7, 11) is 0. The minimum Gasteiger partial charge on any atom is -0.445 e. The van der Waals surface area contributed by atoms with Crippen LogP contribution in [0, 0.1) is 0 Å². The molecule has 11 heteroatoms. The van der Waals surface area contributed by atoms with Gasteiger partial charge in [0, 0.05) is 19.6 Å². The highest BCUT2D eigenvalue weighted by molar-refractivity contribution is 5.86. The quantitative estimate of drug-likeness (QED) is 0.259. The zero-order valence-corrected chi connectivity index (χ0v) is 20.2. The molecule has 0 aliphatic carbocycles. The number of aliphatic hydroxyl groups excluding tert-OH is 1. The largest absolute Gasteiger partial charge is 0.445 e. The summed E-state index contributed by atoms with van der Waals surface area (Å²) in [6.45, 7) is 0.393. The van der Waals surface area contributed by atoms with Gasteiger partial charge >= 0.3 is 12.2 Å². The van der Waals surface area contributed by atoms with Crippen LogP contribution in [0.1, 0.15) is 24.0 Å². The molecule has 1 unspecified atom stereocenters. The highest BCUT2D eigenvalue weighted by atomic mass is 35.5. The lowest BCUT2D eigenvalue weighted by Crippen LogP contribution is -2.49. The van der Waals surface area contributed by atoms with Gasteiger partial charge in [0.1, 0.15) is 19.3 Å². The Bertz CT molecular complexity index is 888. The number of ether oxygens (including phenoxy) is 2. The maximum Gasteiger partial charge on any atom is 0.408 e. The Morgan fingerprint density at radius 1 is 0.857 bits per heavy atom. The van der Waals surface area contributed by atoms with Gasteiger partial charge in [0.05, 0.1) is 6.10 Å². The Labute approximate surface area is 211 Å². The molecule has 0 bridgehead atoms. The highest BCUT2D eigenvalue weighted by Gasteiger charge is 2.22. The predicted octanol–water partition coefficient (Wildman–Crippen LogP) is 1.85. The summed E-state index contributed by atoms with van der Waals surface area (Å²) >= 11 is 0. The molecule has 0 fully saturated rings. The van der Waals surface area contributed by atoms with Crippen molar-refractivity contribution in [1.82, 2.24) is 16.0 Å². The SMILES string of the molecule is Cl.NCC(O)CNC(=O)[C@H](CCCNC(=O)OCc1ccccc1)NC(=O)OCc1ccccc1. The van der Waals surface area contributed by atoms with Crippen molar-refractivity contribution in [2.45, 2.75) is 38.2 Å². The van der Waals surface area contributed by atoms with Crippen LogP contribution in [0.3, 0.4) is 0 Å². The molecule has 6 N–H and O–H groups in total. The molecule has 2 rings (SSSR count). The first-order valence-electron chi connectivity index (χ1n) is 11.1. The van der Waals surface area contributed by atoms with Crippen molar-refractivity contribution < 1.29 is 29.0 Å². The van der Waals surface area contributed by atoms with E-state index in [0.717, 1.165) is 11.1 Å². The summed E-state index contributed by atoms with van der Waals surface area (Å²) in [4.78, 5) is 36.6. The van der Waals surface area contributed by atoms with Crippen molar-refractivity contribution in [1.29, 1.82) is 0 Å². The monoisotopic (exact) mass is 508 g/mol. The van der Waals surface area contributed by atoms with Crippen molar-refractivity contribution in [3.8, 4) is 0 Å². The van der Waals surface area contributed by atoms with Crippen molar-refractivity contribution in [2.75, 3.05) is 19.6 Å². The summed E-state index contributed by atoms with van der Waals surface area (Å²) in [6.07, 6.45) is -1.61. The lowest BCUT2D eigenvalue weighted by Gasteiger charge is -2.19. The summed E-state index contributed by atoms with van der Waals surface area (Å²) < 4.78 is 10.3. The molecular weight excluding hydrogens is 476 g/mol. The Hall–Kier alpha value is -3.34. The summed E-state index contributed by atoms with van der Waals surface area (Å²) in [5, 5.41) is 17.3. The van der Waals surface area contributed by atoms with Gasteiger partial charge in [-0.2, -0.15) is 0 Å². The van der Waals surface area contributed by atoms with E-state index >= 15 is 0 Å². The number of carbonyl (C=O) groups is 3. The smallest absolute Gasteiger partial charge is 0.408 e. The van der Waals surface area contributed by atoms with E-state index in [9.17, 15) is 19.5 Å². The number of rotatable bonds is 13. The first kappa shape index (κ1) is 29.7. The molecule has 0 heterocycles. The van der Waals surface area contributed by atoms with E-state index < -0.39 is 30.2 Å². The van der Waals surface area contributed by atoms with Gasteiger partial charge in [0.2, 0.25) is 5.91 Å². The van der Waals surface area contributed by atoms with Crippen LogP contribution < -0.4 is 21.7 Å². The van der Waals surface area contributed by atoms with Gasteiger partial charge in [-0.15, -0.1) is 12.4 Å². The predicted molar refractivity (Wildman–Crippen MR) is 133 cm³/mol. The Balaban J connectivity index is 0.00000612. The molecule has 0 aromatic heterocycles. The number of carbonyl (C=O) groups excluding carboxylic acids is 3. The molecule has 0 radical (unpaired) electrons. The Morgan fingerprint density at radius 2 is 1.40 bits per heavy atom. The van der Waals surface area contributed by atoms with Crippen LogP contribution in [-0.2, 0) is 27.5 Å². The molecule has 3 amide bonds. The van der Waals surface area contributed by atoms with Gasteiger partial charge in [-0.25, -0.2) is 9.59 Å². The molecule has 2 aromatic rings. The van der Waals surface area contributed by atoms with Gasteiger partial charge in [-0.05, 0) is 24.0 Å². The van der Waals surface area contributed by atoms with E-state index in [1.165, 1.54) is 0 Å². The van der Waals surface area contributed by atoms with Crippen molar-refractivity contribution >= 4 is 30.5 Å². The number of alkyl carbamates (subject to hydrolysis) is 2. The second-order valence-electron chi connectivity index (χ2n) is 7.52. The molecule has 0 saturated heterocycles. The van der Waals surface area contributed by atoms with E-state index in [1.807, 2.05) is 60.7 Å². The summed E-state index contributed by atoms with van der Waals surface area (Å²) in [5.74, 6) is -0.490. The molecule has 2 aromatic carbocycles. The highest BCUT2D eigenvalue weighted by Crippen LogP contribution is 2.04. The first-order chi connectivity index (χ1) is 16.5. The van der Waals surface area contributed by atoms with Crippen LogP contribution in [-0.4, -0.2) is 55.0 Å². The van der Waals surface area contributed by atoms with E-state index in [4.69, 9.17) is 15.2 Å². The van der Waals surface area contributed by atoms with Gasteiger partial charge < -0.3 is 36.3 Å². The zero-order valence-electron chi connectivity index (χ0n) is 19.4. The van der Waals surface area contributed by atoms with Crippen LogP contribution in [0.15, 0.2) is 60.7 Å². The standard InChI is InChI=1S/C24H32N4O6.ClH/c25-14-20(29)15-27-22(30)21(28-24(32)34-17-19-10-5-2-6-11-19)12-7-13-26-23(31)33-16-18-8-3-1-4-9-18;/h1-6,8-11,20-21,29H,7,12-17,25H2,(H,26,31)(H,27,30)(H,28,32);1H/t20?,21-;/m0./s1. The van der Waals surface area contributed by atoms with E-state index in [1.54, 1.807) is 0 Å². The normalized spacial score (nSPS) is 11.8. The average molecular weight is 509 g/mol. The van der Waals surface area contributed by atoms with Crippen molar-refractivity contribution in [2.24, 2.45) is 5.73 Å². The molecule has 35 heavy (non-hydrogen) atoms. The number of hydrogen-bond donors (Lipinski definition) is 5. The van der Waals surface area contributed by atoms with Crippen LogP contribution in [0.2, 0.25) is 0 Å². The van der Waals surface area contributed by atoms with Gasteiger partial charge in [0.15, 0.2) is 0 Å². The fourth-order valence-corrected chi connectivity index (χ4v) is 2.87. The lowest BCUT2D eigenvalue weighted by molar-refractivity contribution is -0.123. The van der Waals surface area contributed by atoms with Crippen molar-refractivity contribution in [3.05, 3.63) is 71.8 Å². The minimum atomic E-state index is -0.921. The molecular formula is C24H33ClN4O6. The fourth-order valence-electron chi connectivity index (χ4n) is 2.87. The number of amides is 3. The van der Waals surface area contributed by atoms with Crippen LogP contribution in [0.4, 0.5) is 9.59 Å². The molecule has 0 saturated carbocycles. The van der Waals surface area contributed by atoms with Gasteiger partial charge in [-0.3, -0.25) is 4.79 Å². The van der Waals surface area contributed by atoms with Gasteiger partial charge in [0.25, 0.3) is 0 Å².